The van der Waals surface area contributed by atoms with Crippen LogP contribution in [-0.2, 0) is 10.0 Å². The number of nitrogens with one attached hydrogen (secondary N) is 1. The molecule has 104 valence electrons. The Morgan fingerprint density at radius 1 is 1.30 bits per heavy atom. The molecule has 0 fully saturated rings. The molecule has 1 heterocycles. The van der Waals surface area contributed by atoms with Gasteiger partial charge in [-0.1, -0.05) is 11.6 Å². The summed E-state index contributed by atoms with van der Waals surface area (Å²) in [4.78, 5) is 15.5. The Balaban J connectivity index is 2.24. The SMILES string of the molecule is NS(=O)(=O)c1ccc(NC(=O)c2cccnc2)cc1Cl. The maximum atomic E-state index is 11.9. The highest BCUT2D eigenvalue weighted by Crippen LogP contribution is 2.24. The largest absolute Gasteiger partial charge is 0.322 e. The lowest BCUT2D eigenvalue weighted by atomic mass is 10.2. The van der Waals surface area contributed by atoms with Crippen LogP contribution in [0.2, 0.25) is 5.02 Å². The molecule has 0 atom stereocenters. The van der Waals surface area contributed by atoms with E-state index in [0.29, 0.717) is 11.3 Å². The van der Waals surface area contributed by atoms with Crippen LogP contribution in [0.4, 0.5) is 5.69 Å². The molecule has 20 heavy (non-hydrogen) atoms. The summed E-state index contributed by atoms with van der Waals surface area (Å²) in [5, 5.41) is 7.51. The molecular weight excluding hydrogens is 302 g/mol. The lowest BCUT2D eigenvalue weighted by Gasteiger charge is -2.07. The lowest BCUT2D eigenvalue weighted by Crippen LogP contribution is -2.14. The van der Waals surface area contributed by atoms with Crippen LogP contribution in [0.1, 0.15) is 10.4 Å². The van der Waals surface area contributed by atoms with Crippen molar-refractivity contribution in [1.29, 1.82) is 0 Å². The number of halogens is 1. The number of sulfonamides is 1. The van der Waals surface area contributed by atoms with E-state index >= 15 is 0 Å². The fraction of sp³-hybridized carbons (Fsp3) is 0. The van der Waals surface area contributed by atoms with Gasteiger partial charge >= 0.3 is 0 Å². The van der Waals surface area contributed by atoms with Crippen LogP contribution in [-0.4, -0.2) is 19.3 Å². The van der Waals surface area contributed by atoms with Gasteiger partial charge in [0.25, 0.3) is 5.91 Å². The van der Waals surface area contributed by atoms with Gasteiger partial charge in [-0.05, 0) is 30.3 Å². The second kappa shape index (κ2) is 5.58. The highest BCUT2D eigenvalue weighted by molar-refractivity contribution is 7.89. The van der Waals surface area contributed by atoms with Gasteiger partial charge in [-0.2, -0.15) is 0 Å². The molecule has 0 saturated heterocycles. The Labute approximate surface area is 120 Å². The molecule has 0 saturated carbocycles. The van der Waals surface area contributed by atoms with E-state index in [0.717, 1.165) is 0 Å². The summed E-state index contributed by atoms with van der Waals surface area (Å²) in [6.45, 7) is 0. The minimum atomic E-state index is -3.89. The number of nitrogens with zero attached hydrogens (tertiary/aromatic N) is 1. The number of amides is 1. The van der Waals surface area contributed by atoms with Gasteiger partial charge in [-0.3, -0.25) is 9.78 Å². The molecule has 0 spiro atoms. The van der Waals surface area contributed by atoms with Gasteiger partial charge in [0.2, 0.25) is 10.0 Å². The number of hydrogen-bond donors (Lipinski definition) is 2. The van der Waals surface area contributed by atoms with Gasteiger partial charge in [0.1, 0.15) is 4.90 Å². The fourth-order valence-electron chi connectivity index (χ4n) is 1.51. The van der Waals surface area contributed by atoms with Crippen molar-refractivity contribution < 1.29 is 13.2 Å². The average molecular weight is 312 g/mol. The minimum Gasteiger partial charge on any atom is -0.322 e. The summed E-state index contributed by atoms with van der Waals surface area (Å²) in [6.07, 6.45) is 2.96. The fourth-order valence-corrected chi connectivity index (χ4v) is 2.60. The van der Waals surface area contributed by atoms with Crippen molar-refractivity contribution in [1.82, 2.24) is 4.98 Å². The molecule has 0 aliphatic rings. The number of benzene rings is 1. The maximum absolute atomic E-state index is 11.9. The van der Waals surface area contributed by atoms with E-state index in [2.05, 4.69) is 10.3 Å². The number of carbonyl (C=O) groups excluding carboxylic acids is 1. The first kappa shape index (κ1) is 14.4. The van der Waals surface area contributed by atoms with Crippen LogP contribution in [0.25, 0.3) is 0 Å². The van der Waals surface area contributed by atoms with Crippen LogP contribution in [0.5, 0.6) is 0 Å². The highest BCUT2D eigenvalue weighted by Gasteiger charge is 2.14. The summed E-state index contributed by atoms with van der Waals surface area (Å²) in [5.41, 5.74) is 0.732. The zero-order valence-electron chi connectivity index (χ0n) is 10.1. The standard InChI is InChI=1S/C12H10ClN3O3S/c13-10-6-9(3-4-11(10)20(14,18)19)16-12(17)8-2-1-5-15-7-8/h1-7H,(H,16,17)(H2,14,18,19). The zero-order chi connectivity index (χ0) is 14.8. The van der Waals surface area contributed by atoms with E-state index in [-0.39, 0.29) is 15.8 Å². The van der Waals surface area contributed by atoms with Crippen molar-refractivity contribution >= 4 is 33.2 Å². The third-order valence-corrected chi connectivity index (χ3v) is 3.81. The van der Waals surface area contributed by atoms with Gasteiger partial charge in [0, 0.05) is 18.1 Å². The summed E-state index contributed by atoms with van der Waals surface area (Å²) in [6, 6.07) is 7.18. The summed E-state index contributed by atoms with van der Waals surface area (Å²) < 4.78 is 22.4. The van der Waals surface area contributed by atoms with E-state index in [1.165, 1.54) is 24.4 Å². The number of anilines is 1. The topological polar surface area (TPSA) is 102 Å². The quantitative estimate of drug-likeness (QED) is 0.899. The number of pyridine rings is 1. The van der Waals surface area contributed by atoms with E-state index in [4.69, 9.17) is 16.7 Å². The second-order valence-corrected chi connectivity index (χ2v) is 5.82. The Bertz CT molecular complexity index is 748. The molecule has 0 aliphatic carbocycles. The van der Waals surface area contributed by atoms with Gasteiger partial charge in [-0.15, -0.1) is 0 Å². The molecule has 1 aromatic carbocycles. The van der Waals surface area contributed by atoms with Crippen LogP contribution in [0, 0.1) is 0 Å². The summed E-state index contributed by atoms with van der Waals surface area (Å²) in [5.74, 6) is -0.377. The van der Waals surface area contributed by atoms with Gasteiger partial charge < -0.3 is 5.32 Å². The first-order valence-electron chi connectivity index (χ1n) is 5.41. The van der Waals surface area contributed by atoms with Crippen molar-refractivity contribution in [3.8, 4) is 0 Å². The first-order chi connectivity index (χ1) is 9.38. The number of nitrogens with two attached hydrogens (primary N) is 1. The van der Waals surface area contributed by atoms with Gasteiger partial charge in [-0.25, -0.2) is 13.6 Å². The molecule has 3 N–H and O–H groups in total. The Hall–Kier alpha value is -1.96. The van der Waals surface area contributed by atoms with Crippen LogP contribution < -0.4 is 10.5 Å². The molecule has 0 aliphatic heterocycles. The zero-order valence-corrected chi connectivity index (χ0v) is 11.6. The molecule has 8 heteroatoms. The predicted molar refractivity (Wildman–Crippen MR) is 75.0 cm³/mol. The summed E-state index contributed by atoms with van der Waals surface area (Å²) >= 11 is 5.82. The Morgan fingerprint density at radius 2 is 2.05 bits per heavy atom. The van der Waals surface area contributed by atoms with Gasteiger partial charge in [0.15, 0.2) is 0 Å². The van der Waals surface area contributed by atoms with Crippen molar-refractivity contribution in [2.45, 2.75) is 4.90 Å². The number of aromatic nitrogens is 1. The smallest absolute Gasteiger partial charge is 0.257 e. The molecule has 2 aromatic rings. The maximum Gasteiger partial charge on any atom is 0.257 e. The van der Waals surface area contributed by atoms with Crippen LogP contribution in [0.15, 0.2) is 47.6 Å². The molecule has 0 unspecified atom stereocenters. The van der Waals surface area contributed by atoms with Crippen LogP contribution in [0.3, 0.4) is 0 Å². The Kier molecular flexibility index (Phi) is 4.03. The van der Waals surface area contributed by atoms with E-state index < -0.39 is 10.0 Å². The van der Waals surface area contributed by atoms with Gasteiger partial charge in [0.05, 0.1) is 10.6 Å². The molecule has 0 radical (unpaired) electrons. The first-order valence-corrected chi connectivity index (χ1v) is 7.34. The third kappa shape index (κ3) is 3.32. The number of hydrogen-bond acceptors (Lipinski definition) is 4. The van der Waals surface area contributed by atoms with E-state index in [1.807, 2.05) is 0 Å². The van der Waals surface area contributed by atoms with Crippen molar-refractivity contribution in [3.05, 3.63) is 53.3 Å². The molecule has 6 nitrogen and oxygen atoms in total. The number of primary sulfonamides is 1. The minimum absolute atomic E-state index is 0.0588. The number of rotatable bonds is 3. The predicted octanol–water partition coefficient (Wildman–Crippen LogP) is 1.63. The number of carbonyl (C=O) groups is 1. The van der Waals surface area contributed by atoms with E-state index in [9.17, 15) is 13.2 Å². The third-order valence-electron chi connectivity index (χ3n) is 2.42. The monoisotopic (exact) mass is 311 g/mol. The lowest BCUT2D eigenvalue weighted by molar-refractivity contribution is 0.102. The van der Waals surface area contributed by atoms with E-state index in [1.54, 1.807) is 18.3 Å². The molecule has 2 rings (SSSR count). The molecule has 1 amide bonds. The van der Waals surface area contributed by atoms with Crippen molar-refractivity contribution in [3.63, 3.8) is 0 Å². The normalized spacial score (nSPS) is 11.1. The van der Waals surface area contributed by atoms with Crippen molar-refractivity contribution in [2.75, 3.05) is 5.32 Å². The Morgan fingerprint density at radius 3 is 2.60 bits per heavy atom. The molecule has 1 aromatic heterocycles. The van der Waals surface area contributed by atoms with Crippen molar-refractivity contribution in [2.24, 2.45) is 5.14 Å². The molecule has 0 bridgehead atoms. The average Bonchev–Trinajstić information content (AvgIpc) is 2.38. The summed E-state index contributed by atoms with van der Waals surface area (Å²) in [7, 11) is -3.89. The second-order valence-electron chi connectivity index (χ2n) is 3.89. The van der Waals surface area contributed by atoms with Crippen LogP contribution >= 0.6 is 11.6 Å². The highest BCUT2D eigenvalue weighted by atomic mass is 35.5. The molecular formula is C12H10ClN3O3S.